The summed E-state index contributed by atoms with van der Waals surface area (Å²) in [5.41, 5.74) is 8.33. The van der Waals surface area contributed by atoms with Crippen molar-refractivity contribution in [2.24, 2.45) is 5.73 Å². The molecule has 2 aromatic rings. The predicted molar refractivity (Wildman–Crippen MR) is 81.5 cm³/mol. The average molecular weight is 291 g/mol. The van der Waals surface area contributed by atoms with Crippen LogP contribution >= 0.6 is 0 Å². The lowest BCUT2D eigenvalue weighted by molar-refractivity contribution is 0.379. The summed E-state index contributed by atoms with van der Waals surface area (Å²) in [4.78, 5) is 0. The smallest absolute Gasteiger partial charge is 0.219 e. The molecule has 0 saturated carbocycles. The van der Waals surface area contributed by atoms with Gasteiger partial charge in [-0.15, -0.1) is 0 Å². The van der Waals surface area contributed by atoms with Gasteiger partial charge in [0.25, 0.3) is 0 Å². The number of nitrogens with two attached hydrogens (primary N) is 1. The van der Waals surface area contributed by atoms with E-state index in [4.69, 9.17) is 10.5 Å². The molecule has 0 saturated heterocycles. The Labute approximate surface area is 124 Å². The molecule has 0 bridgehead atoms. The van der Waals surface area contributed by atoms with Crippen LogP contribution in [0.4, 0.5) is 4.39 Å². The van der Waals surface area contributed by atoms with Gasteiger partial charge in [0.05, 0.1) is 18.5 Å². The first-order chi connectivity index (χ1) is 9.88. The Morgan fingerprint density at radius 3 is 2.33 bits per heavy atom. The Kier molecular flexibility index (Phi) is 4.32. The fourth-order valence-corrected chi connectivity index (χ4v) is 2.37. The first-order valence-electron chi connectivity index (χ1n) is 7.01. The number of hydrogen-bond donors (Lipinski definition) is 1. The maximum atomic E-state index is 13.1. The summed E-state index contributed by atoms with van der Waals surface area (Å²) in [5.74, 6) is 0.389. The molecule has 0 spiro atoms. The summed E-state index contributed by atoms with van der Waals surface area (Å²) in [6, 6.07) is 6.19. The highest BCUT2D eigenvalue weighted by Crippen LogP contribution is 2.33. The number of halogens is 1. The van der Waals surface area contributed by atoms with Crippen molar-refractivity contribution in [1.29, 1.82) is 0 Å². The van der Waals surface area contributed by atoms with Gasteiger partial charge in [0.15, 0.2) is 0 Å². The average Bonchev–Trinajstić information content (AvgIpc) is 2.78. The molecule has 0 aliphatic carbocycles. The van der Waals surface area contributed by atoms with Gasteiger partial charge < -0.3 is 10.5 Å². The number of ether oxygens (including phenoxy) is 1. The second-order valence-electron chi connectivity index (χ2n) is 6.01. The molecule has 2 N–H and O–H groups in total. The van der Waals surface area contributed by atoms with Crippen LogP contribution < -0.4 is 10.5 Å². The van der Waals surface area contributed by atoms with Crippen molar-refractivity contribution < 1.29 is 9.13 Å². The number of rotatable bonds is 4. The molecule has 0 aliphatic rings. The third-order valence-corrected chi connectivity index (χ3v) is 3.31. The molecule has 21 heavy (non-hydrogen) atoms. The summed E-state index contributed by atoms with van der Waals surface area (Å²) < 4.78 is 20.4. The molecule has 0 fully saturated rings. The van der Waals surface area contributed by atoms with E-state index in [9.17, 15) is 4.39 Å². The van der Waals surface area contributed by atoms with Crippen molar-refractivity contribution in [3.8, 4) is 11.6 Å². The lowest BCUT2D eigenvalue weighted by Crippen LogP contribution is -2.16. The van der Waals surface area contributed by atoms with Crippen molar-refractivity contribution in [3.05, 3.63) is 41.3 Å². The van der Waals surface area contributed by atoms with E-state index in [0.29, 0.717) is 18.8 Å². The maximum Gasteiger partial charge on any atom is 0.219 e. The zero-order chi connectivity index (χ0) is 15.6. The lowest BCUT2D eigenvalue weighted by atomic mass is 9.88. The summed E-state index contributed by atoms with van der Waals surface area (Å²) in [6.07, 6.45) is 0.691. The van der Waals surface area contributed by atoms with Gasteiger partial charge in [-0.25, -0.2) is 9.07 Å². The third-order valence-electron chi connectivity index (χ3n) is 3.31. The highest BCUT2D eigenvalue weighted by Gasteiger charge is 2.27. The van der Waals surface area contributed by atoms with Crippen LogP contribution in [0.1, 0.15) is 32.0 Å². The van der Waals surface area contributed by atoms with Gasteiger partial charge in [0.1, 0.15) is 5.82 Å². The van der Waals surface area contributed by atoms with Gasteiger partial charge >= 0.3 is 0 Å². The Morgan fingerprint density at radius 1 is 1.24 bits per heavy atom. The molecule has 0 aliphatic heterocycles. The predicted octanol–water partition coefficient (Wildman–Crippen LogP) is 2.82. The minimum atomic E-state index is -0.275. The molecule has 1 aromatic carbocycles. The zero-order valence-electron chi connectivity index (χ0n) is 13.0. The summed E-state index contributed by atoms with van der Waals surface area (Å²) in [7, 11) is 1.61. The number of benzene rings is 1. The van der Waals surface area contributed by atoms with E-state index in [1.165, 1.54) is 12.1 Å². The largest absolute Gasteiger partial charge is 0.481 e. The van der Waals surface area contributed by atoms with Crippen molar-refractivity contribution in [3.63, 3.8) is 0 Å². The van der Waals surface area contributed by atoms with Crippen molar-refractivity contribution in [2.75, 3.05) is 13.7 Å². The summed E-state index contributed by atoms with van der Waals surface area (Å²) in [6.45, 7) is 6.83. The molecule has 5 heteroatoms. The zero-order valence-corrected chi connectivity index (χ0v) is 13.0. The quantitative estimate of drug-likeness (QED) is 0.942. The van der Waals surface area contributed by atoms with E-state index < -0.39 is 0 Å². The van der Waals surface area contributed by atoms with E-state index in [-0.39, 0.29) is 11.2 Å². The fourth-order valence-electron chi connectivity index (χ4n) is 2.37. The van der Waals surface area contributed by atoms with Gasteiger partial charge in [-0.3, -0.25) is 0 Å². The van der Waals surface area contributed by atoms with Gasteiger partial charge in [0, 0.05) is 11.0 Å². The number of aromatic nitrogens is 2. The molecule has 114 valence electrons. The molecule has 0 unspecified atom stereocenters. The van der Waals surface area contributed by atoms with Crippen LogP contribution in [0.15, 0.2) is 24.3 Å². The molecule has 2 rings (SSSR count). The Hall–Kier alpha value is -1.88. The number of nitrogens with zero attached hydrogens (tertiary/aromatic N) is 2. The molecular weight excluding hydrogens is 269 g/mol. The van der Waals surface area contributed by atoms with Gasteiger partial charge in [-0.05, 0) is 37.2 Å². The van der Waals surface area contributed by atoms with E-state index in [0.717, 1.165) is 16.9 Å². The van der Waals surface area contributed by atoms with Crippen LogP contribution in [0.2, 0.25) is 0 Å². The molecule has 0 radical (unpaired) electrons. The highest BCUT2D eigenvalue weighted by molar-refractivity contribution is 5.43. The highest BCUT2D eigenvalue weighted by atomic mass is 19.1. The van der Waals surface area contributed by atoms with Crippen LogP contribution in [0, 0.1) is 5.82 Å². The number of hydrogen-bond acceptors (Lipinski definition) is 3. The second-order valence-corrected chi connectivity index (χ2v) is 6.01. The minimum Gasteiger partial charge on any atom is -0.481 e. The van der Waals surface area contributed by atoms with Crippen molar-refractivity contribution in [2.45, 2.75) is 32.6 Å². The van der Waals surface area contributed by atoms with Crippen LogP contribution in [-0.2, 0) is 11.8 Å². The van der Waals surface area contributed by atoms with Gasteiger partial charge in [-0.2, -0.15) is 5.10 Å². The fraction of sp³-hybridized carbons (Fsp3) is 0.438. The first-order valence-corrected chi connectivity index (χ1v) is 7.01. The van der Waals surface area contributed by atoms with Crippen LogP contribution in [0.3, 0.4) is 0 Å². The SMILES string of the molecule is COc1c(CCN)c(C(C)(C)C)nn1-c1ccc(F)cc1. The molecule has 0 amide bonds. The lowest BCUT2D eigenvalue weighted by Gasteiger charge is -2.17. The molecule has 0 atom stereocenters. The number of methoxy groups -OCH3 is 1. The molecular formula is C16H22FN3O. The molecule has 1 heterocycles. The van der Waals surface area contributed by atoms with E-state index in [1.54, 1.807) is 23.9 Å². The summed E-state index contributed by atoms with van der Waals surface area (Å²) >= 11 is 0. The Bertz CT molecular complexity index is 612. The monoisotopic (exact) mass is 291 g/mol. The first kappa shape index (κ1) is 15.5. The second kappa shape index (κ2) is 5.85. The van der Waals surface area contributed by atoms with Gasteiger partial charge in [0.2, 0.25) is 5.88 Å². The van der Waals surface area contributed by atoms with E-state index in [2.05, 4.69) is 25.9 Å². The third kappa shape index (κ3) is 3.08. The van der Waals surface area contributed by atoms with E-state index in [1.807, 2.05) is 0 Å². The Balaban J connectivity index is 2.63. The van der Waals surface area contributed by atoms with Gasteiger partial charge in [-0.1, -0.05) is 20.8 Å². The van der Waals surface area contributed by atoms with Crippen LogP contribution in [-0.4, -0.2) is 23.4 Å². The Morgan fingerprint density at radius 2 is 1.86 bits per heavy atom. The van der Waals surface area contributed by atoms with Crippen molar-refractivity contribution >= 4 is 0 Å². The molecule has 4 nitrogen and oxygen atoms in total. The maximum absolute atomic E-state index is 13.1. The summed E-state index contributed by atoms with van der Waals surface area (Å²) in [5, 5.41) is 4.68. The standard InChI is InChI=1S/C16H22FN3O/c1-16(2,3)14-13(9-10-18)15(21-4)20(19-14)12-7-5-11(17)6-8-12/h5-8H,9-10,18H2,1-4H3. The minimum absolute atomic E-state index is 0.122. The van der Waals surface area contributed by atoms with Crippen LogP contribution in [0.25, 0.3) is 5.69 Å². The van der Waals surface area contributed by atoms with E-state index >= 15 is 0 Å². The van der Waals surface area contributed by atoms with Crippen molar-refractivity contribution in [1.82, 2.24) is 9.78 Å². The normalized spacial score (nSPS) is 11.7. The molecule has 1 aromatic heterocycles. The van der Waals surface area contributed by atoms with Crippen LogP contribution in [0.5, 0.6) is 5.88 Å². The topological polar surface area (TPSA) is 53.1 Å².